The normalized spacial score (nSPS) is 11.6. The minimum absolute atomic E-state index is 0.728. The molecule has 1 aromatic carbocycles. The van der Waals surface area contributed by atoms with E-state index in [0.29, 0.717) is 0 Å². The Morgan fingerprint density at radius 2 is 1.84 bits per heavy atom. The molecule has 0 atom stereocenters. The van der Waals surface area contributed by atoms with Crippen LogP contribution in [0.3, 0.4) is 0 Å². The van der Waals surface area contributed by atoms with Crippen molar-refractivity contribution in [2.45, 2.75) is 20.3 Å². The van der Waals surface area contributed by atoms with Gasteiger partial charge in [-0.3, -0.25) is 15.1 Å². The van der Waals surface area contributed by atoms with Crippen molar-refractivity contribution in [2.24, 2.45) is 0 Å². The highest BCUT2D eigenvalue weighted by Crippen LogP contribution is 2.34. The van der Waals surface area contributed by atoms with E-state index in [1.807, 2.05) is 24.8 Å². The van der Waals surface area contributed by atoms with Crippen LogP contribution in [-0.4, -0.2) is 30.1 Å². The number of nitrogens with one attached hydrogen (secondary N) is 2. The number of H-pyrrole nitrogens is 2. The Kier molecular flexibility index (Phi) is 4.36. The number of aryl methyl sites for hydroxylation is 2. The minimum atomic E-state index is 0.728. The largest absolute Gasteiger partial charge is 0.335 e. The van der Waals surface area contributed by atoms with E-state index in [1.54, 1.807) is 11.3 Å². The summed E-state index contributed by atoms with van der Waals surface area (Å²) in [4.78, 5) is 17.2. The van der Waals surface area contributed by atoms with Crippen LogP contribution in [0.4, 0.5) is 0 Å². The van der Waals surface area contributed by atoms with Crippen LogP contribution in [0.1, 0.15) is 18.1 Å². The number of nitrogens with zero attached hydrogens (tertiary/aromatic N) is 4. The van der Waals surface area contributed by atoms with Crippen LogP contribution in [0.25, 0.3) is 55.7 Å². The van der Waals surface area contributed by atoms with E-state index >= 15 is 0 Å². The van der Waals surface area contributed by atoms with Gasteiger partial charge in [0.25, 0.3) is 0 Å². The lowest BCUT2D eigenvalue weighted by Crippen LogP contribution is -1.89. The number of imidazole rings is 1. The van der Waals surface area contributed by atoms with Gasteiger partial charge in [0.05, 0.1) is 17.2 Å². The molecule has 7 heteroatoms. The summed E-state index contributed by atoms with van der Waals surface area (Å²) in [5.41, 5.74) is 10.4. The van der Waals surface area contributed by atoms with Gasteiger partial charge in [-0.05, 0) is 70.6 Å². The third-order valence-electron chi connectivity index (χ3n) is 5.87. The number of benzene rings is 1. The number of fused-ring (bicyclic) bond motifs is 2. The summed E-state index contributed by atoms with van der Waals surface area (Å²) in [6.45, 7) is 4.26. The summed E-state index contributed by atoms with van der Waals surface area (Å²) in [6.07, 6.45) is 8.49. The van der Waals surface area contributed by atoms with Crippen molar-refractivity contribution in [3.05, 3.63) is 70.9 Å². The van der Waals surface area contributed by atoms with E-state index in [4.69, 9.17) is 4.98 Å². The van der Waals surface area contributed by atoms with Crippen molar-refractivity contribution in [2.75, 3.05) is 0 Å². The zero-order chi connectivity index (χ0) is 21.7. The number of rotatable bonds is 4. The molecular formula is C25H20N6S. The van der Waals surface area contributed by atoms with Crippen LogP contribution in [0.15, 0.2) is 59.8 Å². The molecular weight excluding hydrogens is 416 g/mol. The first-order valence-electron chi connectivity index (χ1n) is 10.5. The summed E-state index contributed by atoms with van der Waals surface area (Å²) < 4.78 is 0. The Morgan fingerprint density at radius 3 is 2.69 bits per heavy atom. The van der Waals surface area contributed by atoms with Gasteiger partial charge in [0.1, 0.15) is 11.2 Å². The molecule has 0 aliphatic rings. The van der Waals surface area contributed by atoms with Gasteiger partial charge in [-0.1, -0.05) is 6.92 Å². The van der Waals surface area contributed by atoms with Crippen LogP contribution in [0.5, 0.6) is 0 Å². The molecule has 0 spiro atoms. The fourth-order valence-corrected chi connectivity index (χ4v) is 4.82. The lowest BCUT2D eigenvalue weighted by atomic mass is 9.98. The summed E-state index contributed by atoms with van der Waals surface area (Å²) >= 11 is 1.66. The van der Waals surface area contributed by atoms with Crippen molar-refractivity contribution in [1.82, 2.24) is 30.1 Å². The predicted molar refractivity (Wildman–Crippen MR) is 130 cm³/mol. The highest BCUT2D eigenvalue weighted by Gasteiger charge is 2.17. The minimum Gasteiger partial charge on any atom is -0.335 e. The van der Waals surface area contributed by atoms with Crippen LogP contribution in [0, 0.1) is 6.92 Å². The molecule has 0 saturated carbocycles. The van der Waals surface area contributed by atoms with E-state index in [2.05, 4.69) is 74.0 Å². The van der Waals surface area contributed by atoms with Crippen molar-refractivity contribution in [3.63, 3.8) is 0 Å². The summed E-state index contributed by atoms with van der Waals surface area (Å²) in [5.74, 6) is 0.728. The summed E-state index contributed by atoms with van der Waals surface area (Å²) in [7, 11) is 0. The van der Waals surface area contributed by atoms with E-state index in [1.165, 1.54) is 11.1 Å². The zero-order valence-corrected chi connectivity index (χ0v) is 18.5. The predicted octanol–water partition coefficient (Wildman–Crippen LogP) is 6.16. The second kappa shape index (κ2) is 7.39. The number of aromatic nitrogens is 6. The zero-order valence-electron chi connectivity index (χ0n) is 17.7. The molecule has 0 amide bonds. The summed E-state index contributed by atoms with van der Waals surface area (Å²) in [6, 6.07) is 8.62. The van der Waals surface area contributed by atoms with Crippen LogP contribution in [0.2, 0.25) is 0 Å². The topological polar surface area (TPSA) is 83.1 Å². The first kappa shape index (κ1) is 18.9. The van der Waals surface area contributed by atoms with E-state index in [0.717, 1.165) is 62.1 Å². The fraction of sp³-hybridized carbons (Fsp3) is 0.120. The molecule has 0 bridgehead atoms. The molecule has 6 nitrogen and oxygen atoms in total. The second-order valence-electron chi connectivity index (χ2n) is 7.90. The molecule has 0 aliphatic heterocycles. The Hall–Kier alpha value is -3.84. The molecule has 2 N–H and O–H groups in total. The Balaban J connectivity index is 1.53. The Morgan fingerprint density at radius 1 is 0.938 bits per heavy atom. The molecule has 5 heterocycles. The van der Waals surface area contributed by atoms with Gasteiger partial charge in [-0.2, -0.15) is 16.4 Å². The quantitative estimate of drug-likeness (QED) is 0.346. The average Bonchev–Trinajstić information content (AvgIpc) is 3.57. The fourth-order valence-electron chi connectivity index (χ4n) is 4.17. The number of hydrogen-bond acceptors (Lipinski definition) is 5. The van der Waals surface area contributed by atoms with Crippen molar-refractivity contribution in [3.8, 4) is 33.8 Å². The van der Waals surface area contributed by atoms with Gasteiger partial charge in [-0.25, -0.2) is 4.98 Å². The molecule has 0 unspecified atom stereocenters. The molecule has 5 aromatic heterocycles. The Bertz CT molecular complexity index is 1580. The lowest BCUT2D eigenvalue weighted by molar-refractivity contribution is 1.10. The molecule has 6 aromatic rings. The molecule has 156 valence electrons. The number of pyridine rings is 2. The molecule has 0 radical (unpaired) electrons. The van der Waals surface area contributed by atoms with Gasteiger partial charge in [0.2, 0.25) is 0 Å². The highest BCUT2D eigenvalue weighted by molar-refractivity contribution is 7.08. The molecule has 32 heavy (non-hydrogen) atoms. The van der Waals surface area contributed by atoms with Crippen LogP contribution in [-0.2, 0) is 6.42 Å². The lowest BCUT2D eigenvalue weighted by Gasteiger charge is -2.08. The van der Waals surface area contributed by atoms with Crippen molar-refractivity contribution in [1.29, 1.82) is 0 Å². The number of thiophene rings is 1. The van der Waals surface area contributed by atoms with Gasteiger partial charge in [0, 0.05) is 35.1 Å². The van der Waals surface area contributed by atoms with Crippen molar-refractivity contribution >= 4 is 33.3 Å². The second-order valence-corrected chi connectivity index (χ2v) is 8.68. The van der Waals surface area contributed by atoms with Gasteiger partial charge < -0.3 is 4.98 Å². The molecule has 6 rings (SSSR count). The molecule has 0 aliphatic carbocycles. The highest BCUT2D eigenvalue weighted by atomic mass is 32.1. The van der Waals surface area contributed by atoms with E-state index in [-0.39, 0.29) is 0 Å². The molecule has 0 fully saturated rings. The first-order chi connectivity index (χ1) is 15.7. The molecule has 0 saturated heterocycles. The maximum Gasteiger partial charge on any atom is 0.159 e. The van der Waals surface area contributed by atoms with E-state index < -0.39 is 0 Å². The van der Waals surface area contributed by atoms with Crippen molar-refractivity contribution < 1.29 is 0 Å². The van der Waals surface area contributed by atoms with Gasteiger partial charge in [-0.15, -0.1) is 0 Å². The maximum absolute atomic E-state index is 4.93. The first-order valence-corrected chi connectivity index (χ1v) is 11.4. The SMILES string of the molecule is CCc1cncc(-c2cc3c(-c4nc5c(-c6ccsc6)cncc5[nH]4)n[nH]c3cc2C)c1. The monoisotopic (exact) mass is 436 g/mol. The standard InChI is InChI=1S/C25H20N6S/c1-3-15-7-17(10-26-9-15)18-8-19-21(6-14(18)2)30-31-24(19)25-28-22-12-27-11-20(23(22)29-25)16-4-5-32-13-16/h4-13H,3H2,1-2H3,(H,28,29)(H,30,31). The smallest absolute Gasteiger partial charge is 0.159 e. The van der Waals surface area contributed by atoms with E-state index in [9.17, 15) is 0 Å². The average molecular weight is 437 g/mol. The third-order valence-corrected chi connectivity index (χ3v) is 6.56. The van der Waals surface area contributed by atoms with Crippen LogP contribution >= 0.6 is 11.3 Å². The number of hydrogen-bond donors (Lipinski definition) is 2. The summed E-state index contributed by atoms with van der Waals surface area (Å²) in [5, 5.41) is 13.0. The maximum atomic E-state index is 4.93. The third kappa shape index (κ3) is 3.01. The Labute approximate surface area is 188 Å². The number of aromatic amines is 2. The van der Waals surface area contributed by atoms with Gasteiger partial charge >= 0.3 is 0 Å². The van der Waals surface area contributed by atoms with Gasteiger partial charge in [0.15, 0.2) is 5.82 Å². The van der Waals surface area contributed by atoms with Crippen LogP contribution < -0.4 is 0 Å².